The van der Waals surface area contributed by atoms with Crippen molar-refractivity contribution in [3.8, 4) is 11.5 Å². The van der Waals surface area contributed by atoms with Crippen LogP contribution in [0.2, 0.25) is 0 Å². The Balaban J connectivity index is 1.64. The molecule has 2 aromatic carbocycles. The molecule has 3 rings (SSSR count). The van der Waals surface area contributed by atoms with Crippen LogP contribution in [0.25, 0.3) is 0 Å². The van der Waals surface area contributed by atoms with Gasteiger partial charge in [0.2, 0.25) is 0 Å². The molecule has 1 N–H and O–H groups in total. The lowest BCUT2D eigenvalue weighted by molar-refractivity contribution is 0.0746. The number of piperazine rings is 1. The molecule has 1 fully saturated rings. The van der Waals surface area contributed by atoms with Gasteiger partial charge in [0.1, 0.15) is 11.5 Å². The third-order valence-electron chi connectivity index (χ3n) is 4.10. The number of rotatable bonds is 3. The highest BCUT2D eigenvalue weighted by Gasteiger charge is 2.22. The summed E-state index contributed by atoms with van der Waals surface area (Å²) in [7, 11) is 1.60. The summed E-state index contributed by atoms with van der Waals surface area (Å²) in [6.45, 7) is 2.91. The summed E-state index contributed by atoms with van der Waals surface area (Å²) in [6.07, 6.45) is 0. The number of methoxy groups -OCH3 is 1. The van der Waals surface area contributed by atoms with Gasteiger partial charge >= 0.3 is 0 Å². The highest BCUT2D eigenvalue weighted by atomic mass is 16.5. The van der Waals surface area contributed by atoms with Crippen molar-refractivity contribution in [2.75, 3.05) is 38.2 Å². The zero-order valence-corrected chi connectivity index (χ0v) is 13.1. The van der Waals surface area contributed by atoms with Gasteiger partial charge in [0.25, 0.3) is 5.91 Å². The Morgan fingerprint density at radius 2 is 1.74 bits per heavy atom. The minimum atomic E-state index is 0.0363. The number of anilines is 1. The van der Waals surface area contributed by atoms with E-state index in [1.54, 1.807) is 25.3 Å². The Hall–Kier alpha value is -2.69. The Kier molecular flexibility index (Phi) is 4.37. The largest absolute Gasteiger partial charge is 0.508 e. The molecule has 1 saturated heterocycles. The van der Waals surface area contributed by atoms with Crippen LogP contribution >= 0.6 is 0 Å². The van der Waals surface area contributed by atoms with Crippen molar-refractivity contribution in [2.45, 2.75) is 0 Å². The number of phenolic OH excluding ortho intramolecular Hbond substituents is 1. The minimum absolute atomic E-state index is 0.0363. The molecule has 2 aromatic rings. The van der Waals surface area contributed by atoms with Crippen LogP contribution < -0.4 is 9.64 Å². The van der Waals surface area contributed by atoms with Gasteiger partial charge in [-0.3, -0.25) is 4.79 Å². The van der Waals surface area contributed by atoms with E-state index in [1.165, 1.54) is 0 Å². The highest BCUT2D eigenvalue weighted by molar-refractivity contribution is 5.94. The van der Waals surface area contributed by atoms with E-state index in [2.05, 4.69) is 4.90 Å². The van der Waals surface area contributed by atoms with Gasteiger partial charge in [-0.25, -0.2) is 0 Å². The zero-order valence-electron chi connectivity index (χ0n) is 13.1. The number of hydrogen-bond acceptors (Lipinski definition) is 4. The van der Waals surface area contributed by atoms with Crippen LogP contribution in [-0.4, -0.2) is 49.2 Å². The predicted molar refractivity (Wildman–Crippen MR) is 89.2 cm³/mol. The van der Waals surface area contributed by atoms with E-state index >= 15 is 0 Å². The lowest BCUT2D eigenvalue weighted by Crippen LogP contribution is -2.48. The van der Waals surface area contributed by atoms with Gasteiger partial charge in [-0.1, -0.05) is 6.07 Å². The topological polar surface area (TPSA) is 53.0 Å². The number of amides is 1. The molecule has 23 heavy (non-hydrogen) atoms. The maximum Gasteiger partial charge on any atom is 0.254 e. The fourth-order valence-corrected chi connectivity index (χ4v) is 2.77. The fourth-order valence-electron chi connectivity index (χ4n) is 2.77. The summed E-state index contributed by atoms with van der Waals surface area (Å²) in [5.74, 6) is 0.994. The van der Waals surface area contributed by atoms with Gasteiger partial charge in [0.15, 0.2) is 0 Å². The number of hydrogen-bond donors (Lipinski definition) is 1. The van der Waals surface area contributed by atoms with Crippen molar-refractivity contribution < 1.29 is 14.6 Å². The molecule has 0 atom stereocenters. The zero-order chi connectivity index (χ0) is 16.2. The molecule has 5 nitrogen and oxygen atoms in total. The first kappa shape index (κ1) is 15.2. The second-order valence-electron chi connectivity index (χ2n) is 5.53. The molecule has 5 heteroatoms. The molecule has 0 unspecified atom stereocenters. The molecule has 0 saturated carbocycles. The van der Waals surface area contributed by atoms with Gasteiger partial charge < -0.3 is 19.6 Å². The quantitative estimate of drug-likeness (QED) is 0.945. The lowest BCUT2D eigenvalue weighted by Gasteiger charge is -2.36. The number of benzene rings is 2. The summed E-state index contributed by atoms with van der Waals surface area (Å²) >= 11 is 0. The molecule has 0 aromatic heterocycles. The second-order valence-corrected chi connectivity index (χ2v) is 5.53. The standard InChI is InChI=1S/C18H20N2O3/c1-23-17-4-2-3-14(13-17)18(22)20-11-9-19(10-12-20)15-5-7-16(21)8-6-15/h2-8,13,21H,9-12H2,1H3. The van der Waals surface area contributed by atoms with Crippen molar-refractivity contribution in [3.05, 3.63) is 54.1 Å². The van der Waals surface area contributed by atoms with E-state index in [-0.39, 0.29) is 11.7 Å². The molecule has 120 valence electrons. The molecule has 0 bridgehead atoms. The Labute approximate surface area is 135 Å². The molecule has 0 aliphatic carbocycles. The van der Waals surface area contributed by atoms with E-state index in [9.17, 15) is 9.90 Å². The number of phenols is 1. The highest BCUT2D eigenvalue weighted by Crippen LogP contribution is 2.21. The van der Waals surface area contributed by atoms with Crippen molar-refractivity contribution in [3.63, 3.8) is 0 Å². The summed E-state index contributed by atoms with van der Waals surface area (Å²) in [4.78, 5) is 16.7. The smallest absolute Gasteiger partial charge is 0.254 e. The van der Waals surface area contributed by atoms with E-state index in [4.69, 9.17) is 4.74 Å². The second kappa shape index (κ2) is 6.60. The average molecular weight is 312 g/mol. The lowest BCUT2D eigenvalue weighted by atomic mass is 10.1. The Morgan fingerprint density at radius 3 is 2.39 bits per heavy atom. The average Bonchev–Trinajstić information content (AvgIpc) is 2.62. The molecule has 1 aliphatic rings. The van der Waals surface area contributed by atoms with Crippen molar-refractivity contribution >= 4 is 11.6 Å². The van der Waals surface area contributed by atoms with E-state index in [0.717, 1.165) is 18.8 Å². The predicted octanol–water partition coefficient (Wildman–Crippen LogP) is 2.36. The maximum atomic E-state index is 12.6. The summed E-state index contributed by atoms with van der Waals surface area (Å²) in [5.41, 5.74) is 1.72. The van der Waals surface area contributed by atoms with Crippen molar-refractivity contribution in [1.29, 1.82) is 0 Å². The third-order valence-corrected chi connectivity index (χ3v) is 4.10. The van der Waals surface area contributed by atoms with Gasteiger partial charge in [-0.2, -0.15) is 0 Å². The van der Waals surface area contributed by atoms with Crippen LogP contribution in [0.5, 0.6) is 11.5 Å². The molecular weight excluding hydrogens is 292 g/mol. The maximum absolute atomic E-state index is 12.6. The van der Waals surface area contributed by atoms with E-state index < -0.39 is 0 Å². The summed E-state index contributed by atoms with van der Waals surface area (Å²) < 4.78 is 5.18. The summed E-state index contributed by atoms with van der Waals surface area (Å²) in [5, 5.41) is 9.36. The van der Waals surface area contributed by atoms with Crippen LogP contribution in [0.15, 0.2) is 48.5 Å². The van der Waals surface area contributed by atoms with Crippen LogP contribution in [0.4, 0.5) is 5.69 Å². The Bertz CT molecular complexity index is 677. The molecular formula is C18H20N2O3. The van der Waals surface area contributed by atoms with Gasteiger partial charge in [-0.05, 0) is 42.5 Å². The van der Waals surface area contributed by atoms with Crippen LogP contribution in [0, 0.1) is 0 Å². The van der Waals surface area contributed by atoms with Gasteiger partial charge in [0, 0.05) is 37.4 Å². The number of carbonyl (C=O) groups is 1. The fraction of sp³-hybridized carbons (Fsp3) is 0.278. The van der Waals surface area contributed by atoms with Crippen LogP contribution in [0.1, 0.15) is 10.4 Å². The summed E-state index contributed by atoms with van der Waals surface area (Å²) in [6, 6.07) is 14.4. The Morgan fingerprint density at radius 1 is 1.04 bits per heavy atom. The molecule has 1 aliphatic heterocycles. The number of nitrogens with zero attached hydrogens (tertiary/aromatic N) is 2. The van der Waals surface area contributed by atoms with Crippen molar-refractivity contribution in [2.24, 2.45) is 0 Å². The van der Waals surface area contributed by atoms with E-state index in [1.807, 2.05) is 35.2 Å². The number of ether oxygens (including phenoxy) is 1. The SMILES string of the molecule is COc1cccc(C(=O)N2CCN(c3ccc(O)cc3)CC2)c1. The van der Waals surface area contributed by atoms with Crippen LogP contribution in [0.3, 0.4) is 0 Å². The first-order chi connectivity index (χ1) is 11.2. The van der Waals surface area contributed by atoms with Crippen molar-refractivity contribution in [1.82, 2.24) is 4.90 Å². The molecule has 0 radical (unpaired) electrons. The molecule has 1 heterocycles. The third kappa shape index (κ3) is 3.39. The monoisotopic (exact) mass is 312 g/mol. The van der Waals surface area contributed by atoms with E-state index in [0.29, 0.717) is 24.4 Å². The molecule has 1 amide bonds. The number of carbonyl (C=O) groups excluding carboxylic acids is 1. The molecule has 0 spiro atoms. The van der Waals surface area contributed by atoms with Crippen LogP contribution in [-0.2, 0) is 0 Å². The van der Waals surface area contributed by atoms with Gasteiger partial charge in [-0.15, -0.1) is 0 Å². The normalized spacial score (nSPS) is 14.7. The minimum Gasteiger partial charge on any atom is -0.508 e. The first-order valence-electron chi connectivity index (χ1n) is 7.64. The number of aromatic hydroxyl groups is 1. The van der Waals surface area contributed by atoms with Gasteiger partial charge in [0.05, 0.1) is 7.11 Å². The first-order valence-corrected chi connectivity index (χ1v) is 7.64.